The van der Waals surface area contributed by atoms with Crippen LogP contribution in [0.4, 0.5) is 0 Å². The fraction of sp³-hybridized carbons (Fsp3) is 0.278. The SMILES string of the molecule is COc1cc(C)c(CNC(=O)COc2ccccc2)cc1C. The molecule has 22 heavy (non-hydrogen) atoms. The Hall–Kier alpha value is -2.49. The molecule has 2 aromatic carbocycles. The van der Waals surface area contributed by atoms with E-state index in [1.807, 2.05) is 56.3 Å². The molecule has 0 aromatic heterocycles. The molecule has 4 heteroatoms. The van der Waals surface area contributed by atoms with E-state index in [1.165, 1.54) is 0 Å². The maximum atomic E-state index is 11.8. The maximum Gasteiger partial charge on any atom is 0.258 e. The number of ether oxygens (including phenoxy) is 2. The van der Waals surface area contributed by atoms with Gasteiger partial charge in [0.15, 0.2) is 6.61 Å². The number of methoxy groups -OCH3 is 1. The van der Waals surface area contributed by atoms with Crippen LogP contribution in [0.2, 0.25) is 0 Å². The van der Waals surface area contributed by atoms with E-state index in [0.717, 1.165) is 22.4 Å². The summed E-state index contributed by atoms with van der Waals surface area (Å²) in [7, 11) is 1.66. The average molecular weight is 299 g/mol. The molecule has 0 spiro atoms. The van der Waals surface area contributed by atoms with E-state index in [9.17, 15) is 4.79 Å². The summed E-state index contributed by atoms with van der Waals surface area (Å²) in [6.45, 7) is 4.48. The molecule has 0 atom stereocenters. The minimum Gasteiger partial charge on any atom is -0.496 e. The normalized spacial score (nSPS) is 10.1. The third-order valence-electron chi connectivity index (χ3n) is 3.44. The molecule has 2 aromatic rings. The largest absolute Gasteiger partial charge is 0.496 e. The van der Waals surface area contributed by atoms with Crippen molar-refractivity contribution in [1.29, 1.82) is 0 Å². The summed E-state index contributed by atoms with van der Waals surface area (Å²) in [5.74, 6) is 1.41. The van der Waals surface area contributed by atoms with Crippen molar-refractivity contribution < 1.29 is 14.3 Å². The first-order valence-electron chi connectivity index (χ1n) is 7.19. The molecule has 4 nitrogen and oxygen atoms in total. The average Bonchev–Trinajstić information content (AvgIpc) is 2.54. The number of carbonyl (C=O) groups excluding carboxylic acids is 1. The molecule has 0 unspecified atom stereocenters. The highest BCUT2D eigenvalue weighted by molar-refractivity contribution is 5.77. The van der Waals surface area contributed by atoms with Gasteiger partial charge in [0.1, 0.15) is 11.5 Å². The lowest BCUT2D eigenvalue weighted by Crippen LogP contribution is -2.28. The second-order valence-electron chi connectivity index (χ2n) is 5.13. The first-order valence-corrected chi connectivity index (χ1v) is 7.19. The number of amides is 1. The van der Waals surface area contributed by atoms with Gasteiger partial charge in [-0.3, -0.25) is 4.79 Å². The zero-order valence-corrected chi connectivity index (χ0v) is 13.2. The van der Waals surface area contributed by atoms with Crippen molar-refractivity contribution >= 4 is 5.91 Å². The fourth-order valence-corrected chi connectivity index (χ4v) is 2.17. The number of aryl methyl sites for hydroxylation is 2. The highest BCUT2D eigenvalue weighted by atomic mass is 16.5. The van der Waals surface area contributed by atoms with Crippen molar-refractivity contribution in [3.8, 4) is 11.5 Å². The smallest absolute Gasteiger partial charge is 0.258 e. The molecule has 0 heterocycles. The fourth-order valence-electron chi connectivity index (χ4n) is 2.17. The van der Waals surface area contributed by atoms with Crippen molar-refractivity contribution in [2.24, 2.45) is 0 Å². The van der Waals surface area contributed by atoms with Crippen LogP contribution in [-0.2, 0) is 11.3 Å². The van der Waals surface area contributed by atoms with E-state index >= 15 is 0 Å². The first kappa shape index (κ1) is 15.9. The molecule has 0 aliphatic rings. The Kier molecular flexibility index (Phi) is 5.42. The maximum absolute atomic E-state index is 11.8. The van der Waals surface area contributed by atoms with Crippen molar-refractivity contribution in [1.82, 2.24) is 5.32 Å². The predicted molar refractivity (Wildman–Crippen MR) is 86.3 cm³/mol. The van der Waals surface area contributed by atoms with Crippen LogP contribution >= 0.6 is 0 Å². The molecule has 2 rings (SSSR count). The van der Waals surface area contributed by atoms with E-state index in [-0.39, 0.29) is 12.5 Å². The number of para-hydroxylation sites is 1. The van der Waals surface area contributed by atoms with Gasteiger partial charge in [0.05, 0.1) is 7.11 Å². The summed E-state index contributed by atoms with van der Waals surface area (Å²) in [6, 6.07) is 13.3. The number of hydrogen-bond donors (Lipinski definition) is 1. The van der Waals surface area contributed by atoms with E-state index in [1.54, 1.807) is 7.11 Å². The lowest BCUT2D eigenvalue weighted by atomic mass is 10.0. The van der Waals surface area contributed by atoms with Gasteiger partial charge in [0.25, 0.3) is 5.91 Å². The minimum absolute atomic E-state index is 0.0121. The number of nitrogens with one attached hydrogen (secondary N) is 1. The predicted octanol–water partition coefficient (Wildman–Crippen LogP) is 3.01. The van der Waals surface area contributed by atoms with Crippen LogP contribution in [0.3, 0.4) is 0 Å². The second kappa shape index (κ2) is 7.50. The summed E-state index contributed by atoms with van der Waals surface area (Å²) < 4.78 is 10.7. The Morgan fingerprint density at radius 2 is 1.82 bits per heavy atom. The van der Waals surface area contributed by atoms with Gasteiger partial charge in [-0.1, -0.05) is 24.3 Å². The third kappa shape index (κ3) is 4.25. The van der Waals surface area contributed by atoms with Crippen LogP contribution < -0.4 is 14.8 Å². The van der Waals surface area contributed by atoms with Gasteiger partial charge < -0.3 is 14.8 Å². The molecule has 0 aliphatic heterocycles. The summed E-state index contributed by atoms with van der Waals surface area (Å²) in [6.07, 6.45) is 0. The molecule has 0 saturated heterocycles. The van der Waals surface area contributed by atoms with Crippen molar-refractivity contribution in [2.45, 2.75) is 20.4 Å². The van der Waals surface area contributed by atoms with Gasteiger partial charge in [-0.2, -0.15) is 0 Å². The van der Waals surface area contributed by atoms with Gasteiger partial charge in [-0.05, 0) is 48.7 Å². The Morgan fingerprint density at radius 1 is 1.09 bits per heavy atom. The Morgan fingerprint density at radius 3 is 2.50 bits per heavy atom. The van der Waals surface area contributed by atoms with Crippen molar-refractivity contribution in [3.63, 3.8) is 0 Å². The standard InChI is InChI=1S/C18H21NO3/c1-13-10-17(21-3)14(2)9-15(13)11-19-18(20)12-22-16-7-5-4-6-8-16/h4-10H,11-12H2,1-3H3,(H,19,20). The first-order chi connectivity index (χ1) is 10.6. The number of carbonyl (C=O) groups is 1. The molecule has 0 radical (unpaired) electrons. The quantitative estimate of drug-likeness (QED) is 0.892. The molecule has 1 amide bonds. The monoisotopic (exact) mass is 299 g/mol. The van der Waals surface area contributed by atoms with Crippen LogP contribution in [0.15, 0.2) is 42.5 Å². The van der Waals surface area contributed by atoms with Crippen molar-refractivity contribution in [2.75, 3.05) is 13.7 Å². The Bertz CT molecular complexity index is 638. The van der Waals surface area contributed by atoms with Crippen LogP contribution in [-0.4, -0.2) is 19.6 Å². The third-order valence-corrected chi connectivity index (χ3v) is 3.44. The molecule has 0 saturated carbocycles. The highest BCUT2D eigenvalue weighted by Gasteiger charge is 2.07. The minimum atomic E-state index is -0.142. The molecule has 0 fully saturated rings. The second-order valence-corrected chi connectivity index (χ2v) is 5.13. The van der Waals surface area contributed by atoms with Crippen molar-refractivity contribution in [3.05, 3.63) is 59.2 Å². The molecule has 116 valence electrons. The van der Waals surface area contributed by atoms with Gasteiger partial charge in [-0.15, -0.1) is 0 Å². The van der Waals surface area contributed by atoms with Gasteiger partial charge in [0, 0.05) is 6.54 Å². The molecule has 0 bridgehead atoms. The number of benzene rings is 2. The van der Waals surface area contributed by atoms with E-state index < -0.39 is 0 Å². The lowest BCUT2D eigenvalue weighted by molar-refractivity contribution is -0.123. The summed E-state index contributed by atoms with van der Waals surface area (Å²) in [5, 5.41) is 2.87. The number of rotatable bonds is 6. The topological polar surface area (TPSA) is 47.6 Å². The van der Waals surface area contributed by atoms with Crippen LogP contribution in [0.25, 0.3) is 0 Å². The summed E-state index contributed by atoms with van der Waals surface area (Å²) in [4.78, 5) is 11.8. The van der Waals surface area contributed by atoms with Crippen LogP contribution in [0.5, 0.6) is 11.5 Å². The van der Waals surface area contributed by atoms with E-state index in [0.29, 0.717) is 12.3 Å². The zero-order valence-electron chi connectivity index (χ0n) is 13.2. The Labute approximate surface area is 131 Å². The van der Waals surface area contributed by atoms with Gasteiger partial charge in [0.2, 0.25) is 0 Å². The van der Waals surface area contributed by atoms with E-state index in [2.05, 4.69) is 5.32 Å². The van der Waals surface area contributed by atoms with Crippen LogP contribution in [0.1, 0.15) is 16.7 Å². The summed E-state index contributed by atoms with van der Waals surface area (Å²) >= 11 is 0. The molecular weight excluding hydrogens is 278 g/mol. The zero-order chi connectivity index (χ0) is 15.9. The molecule has 1 N–H and O–H groups in total. The van der Waals surface area contributed by atoms with Gasteiger partial charge in [-0.25, -0.2) is 0 Å². The lowest BCUT2D eigenvalue weighted by Gasteiger charge is -2.12. The number of hydrogen-bond acceptors (Lipinski definition) is 3. The molecular formula is C18H21NO3. The van der Waals surface area contributed by atoms with E-state index in [4.69, 9.17) is 9.47 Å². The molecule has 0 aliphatic carbocycles. The Balaban J connectivity index is 1.87. The summed E-state index contributed by atoms with van der Waals surface area (Å²) in [5.41, 5.74) is 3.22. The highest BCUT2D eigenvalue weighted by Crippen LogP contribution is 2.22. The van der Waals surface area contributed by atoms with Gasteiger partial charge >= 0.3 is 0 Å². The van der Waals surface area contributed by atoms with Crippen LogP contribution in [0, 0.1) is 13.8 Å².